The van der Waals surface area contributed by atoms with Gasteiger partial charge in [-0.05, 0) is 89.1 Å². The molecule has 8 rings (SSSR count). The number of benzene rings is 2. The molecule has 35 heteroatoms. The molecule has 32 nitrogen and oxygen atoms in total. The smallest absolute Gasteiger partial charge is 0.442 e. The number of nitrogen functional groups attached to an aromatic ring is 2. The maximum Gasteiger partial charge on any atom is 0.442 e. The summed E-state index contributed by atoms with van der Waals surface area (Å²) in [5.41, 5.74) is 16.9. The van der Waals surface area contributed by atoms with Gasteiger partial charge in [0.1, 0.15) is 48.2 Å². The van der Waals surface area contributed by atoms with Crippen molar-refractivity contribution in [3.05, 3.63) is 107 Å². The number of thiazole rings is 2. The number of hydrogen-bond donors (Lipinski definition) is 10. The first-order valence-electron chi connectivity index (χ1n) is 27.6. The van der Waals surface area contributed by atoms with Crippen LogP contribution in [0.2, 0.25) is 0 Å². The zero-order valence-electron chi connectivity index (χ0n) is 50.4. The van der Waals surface area contributed by atoms with E-state index in [4.69, 9.17) is 50.7 Å². The topological polar surface area (TPSA) is 449 Å². The van der Waals surface area contributed by atoms with Crippen LogP contribution < -0.4 is 62.8 Å². The highest BCUT2D eigenvalue weighted by Crippen LogP contribution is 2.37. The van der Waals surface area contributed by atoms with Gasteiger partial charge in [-0.1, -0.05) is 34.6 Å². The molecule has 484 valence electrons. The highest BCUT2D eigenvalue weighted by Gasteiger charge is 2.61. The Balaban J connectivity index is 0.877. The lowest BCUT2D eigenvalue weighted by molar-refractivity contribution is -0.656. The van der Waals surface area contributed by atoms with Gasteiger partial charge < -0.3 is 62.9 Å². The standard InChI is InChI=1S/C56H66N16O16S3/c1-53(2)43(65-45(73)41(37-27-89-51(59)63-37)67-85-55(5,49(77)78)29-83-35-15-9-31(10-16-35)33-13-19-39(61-23-21-57)69(7)25-33)47(75)71(53)87-91(81,82)88-72-48(76)44(54(72,3)4)66-46(74)42(38-28-90-52(60)64-38)68-86-56(6,50(79)80)30-84-36-17-11-32(12-18-36)34-14-20-40(62-24-22-58)70(8)26-34/h9-20,25-28,43-44H,21-24,29-30,57-58H2,1-8H3,(H8,59,60,63,64,65,66,73,74,77,78,79,80)/p+2/b67-41-,68-42-/t43-,44-,55+,56+/m1/s1. The number of rotatable bonds is 30. The number of aliphatic carboxylic acids is 2. The molecule has 6 aromatic rings. The third-order valence-electron chi connectivity index (χ3n) is 14.3. The average molecular weight is 1320 g/mol. The van der Waals surface area contributed by atoms with Gasteiger partial charge in [0.05, 0.1) is 50.7 Å². The van der Waals surface area contributed by atoms with Crippen LogP contribution in [-0.2, 0) is 71.5 Å². The van der Waals surface area contributed by atoms with E-state index in [-0.39, 0.29) is 33.1 Å². The number of pyridine rings is 2. The van der Waals surface area contributed by atoms with Crippen molar-refractivity contribution >= 4 is 102 Å². The van der Waals surface area contributed by atoms with Gasteiger partial charge >= 0.3 is 22.3 Å². The summed E-state index contributed by atoms with van der Waals surface area (Å²) in [5.74, 6) is -5.33. The number of carbonyl (C=O) groups is 6. The van der Waals surface area contributed by atoms with Crippen molar-refractivity contribution in [2.75, 3.05) is 61.5 Å². The third kappa shape index (κ3) is 15.2. The van der Waals surface area contributed by atoms with E-state index >= 15 is 0 Å². The van der Waals surface area contributed by atoms with Crippen LogP contribution in [0.4, 0.5) is 21.9 Å². The van der Waals surface area contributed by atoms with Gasteiger partial charge in [-0.15, -0.1) is 31.2 Å². The van der Waals surface area contributed by atoms with Crippen LogP contribution in [0.3, 0.4) is 0 Å². The van der Waals surface area contributed by atoms with Crippen molar-refractivity contribution in [2.24, 2.45) is 35.9 Å². The number of nitrogens with zero attached hydrogens (tertiary/aromatic N) is 8. The predicted octanol–water partition coefficient (Wildman–Crippen LogP) is 0.794. The summed E-state index contributed by atoms with van der Waals surface area (Å²) in [5, 5.41) is 42.9. The molecule has 2 fully saturated rings. The number of nitrogens with one attached hydrogen (secondary N) is 4. The third-order valence-corrected chi connectivity index (χ3v) is 16.4. The van der Waals surface area contributed by atoms with Gasteiger partial charge in [0.2, 0.25) is 0 Å². The first-order chi connectivity index (χ1) is 42.9. The van der Waals surface area contributed by atoms with Gasteiger partial charge in [-0.25, -0.2) is 28.7 Å². The molecule has 2 aliphatic heterocycles. The maximum atomic E-state index is 14.0. The Morgan fingerprint density at radius 1 is 0.626 bits per heavy atom. The van der Waals surface area contributed by atoms with Crippen molar-refractivity contribution in [3.8, 4) is 33.8 Å². The largest absolute Gasteiger partial charge is 0.489 e. The summed E-state index contributed by atoms with van der Waals surface area (Å²) in [6.45, 7) is 8.42. The van der Waals surface area contributed by atoms with E-state index in [1.807, 2.05) is 59.9 Å². The van der Waals surface area contributed by atoms with Gasteiger partial charge in [0.25, 0.3) is 46.5 Å². The molecule has 0 saturated carbocycles. The number of anilines is 4. The summed E-state index contributed by atoms with van der Waals surface area (Å²) in [4.78, 5) is 99.8. The minimum atomic E-state index is -5.38. The first kappa shape index (κ1) is 67.3. The molecule has 0 spiro atoms. The lowest BCUT2D eigenvalue weighted by Crippen LogP contribution is -2.78. The number of carboxylic acids is 2. The fourth-order valence-corrected chi connectivity index (χ4v) is 10.9. The molecular weight excluding hydrogens is 1250 g/mol. The quantitative estimate of drug-likeness (QED) is 0.0129. The van der Waals surface area contributed by atoms with Crippen LogP contribution in [-0.4, -0.2) is 159 Å². The van der Waals surface area contributed by atoms with Crippen molar-refractivity contribution in [1.29, 1.82) is 0 Å². The Labute approximate surface area is 528 Å². The molecule has 2 saturated heterocycles. The Bertz CT molecular complexity index is 3680. The Hall–Kier alpha value is -9.65. The second-order valence-electron chi connectivity index (χ2n) is 22.1. The number of aryl methyl sites for hydroxylation is 2. The normalized spacial score (nSPS) is 17.5. The van der Waals surface area contributed by atoms with E-state index in [0.29, 0.717) is 36.3 Å². The predicted molar refractivity (Wildman–Crippen MR) is 329 cm³/mol. The fourth-order valence-electron chi connectivity index (χ4n) is 8.85. The molecule has 2 aromatic carbocycles. The van der Waals surface area contributed by atoms with Crippen LogP contribution in [0.25, 0.3) is 22.3 Å². The van der Waals surface area contributed by atoms with E-state index in [1.165, 1.54) is 38.5 Å². The number of amides is 4. The number of carboxylic acid groups (broad SMARTS) is 2. The van der Waals surface area contributed by atoms with Crippen molar-refractivity contribution in [3.63, 3.8) is 0 Å². The molecule has 0 radical (unpaired) electrons. The molecule has 0 bridgehead atoms. The number of aromatic nitrogens is 4. The molecule has 4 amide bonds. The number of carbonyl (C=O) groups excluding carboxylic acids is 4. The SMILES string of the molecule is C[n+]1cc(-c2ccc(OC[C@](C)(O/N=C(\C(=O)N[C@@H]3C(=O)N(OS(=O)(=O)ON4C(=O)[C@@H](NC(=O)/C(=N\O[C@@](C)(COc5ccc(-c6ccc(NCCN)[n+](C)c6)cc5)C(=O)O)c5csc(N)n5)C4(C)C)C3(C)C)c3csc(N)n3)C(=O)O)cc2)ccc1NCCN. The van der Waals surface area contributed by atoms with E-state index in [0.717, 1.165) is 70.4 Å². The summed E-state index contributed by atoms with van der Waals surface area (Å²) < 4.78 is 52.6. The average Bonchev–Trinajstić information content (AvgIpc) is 1.17. The van der Waals surface area contributed by atoms with Crippen molar-refractivity contribution in [2.45, 2.75) is 75.9 Å². The number of nitrogens with two attached hydrogens (primary N) is 4. The molecule has 4 aromatic heterocycles. The van der Waals surface area contributed by atoms with Gasteiger partial charge in [-0.3, -0.25) is 29.8 Å². The van der Waals surface area contributed by atoms with E-state index in [9.17, 15) is 47.4 Å². The second kappa shape index (κ2) is 27.2. The van der Waals surface area contributed by atoms with Crippen LogP contribution >= 0.6 is 22.7 Å². The highest BCUT2D eigenvalue weighted by molar-refractivity contribution is 7.81. The van der Waals surface area contributed by atoms with Gasteiger partial charge in [0, 0.05) is 47.1 Å². The summed E-state index contributed by atoms with van der Waals surface area (Å²) >= 11 is 1.80. The maximum absolute atomic E-state index is 14.0. The molecule has 14 N–H and O–H groups in total. The summed E-state index contributed by atoms with van der Waals surface area (Å²) in [7, 11) is -1.62. The lowest BCUT2D eigenvalue weighted by atomic mass is 9.84. The monoisotopic (exact) mass is 1320 g/mol. The first-order valence-corrected chi connectivity index (χ1v) is 30.7. The Kier molecular flexibility index (Phi) is 20.1. The number of β-lactam (4-membered cyclic amide) rings is 2. The second-order valence-corrected chi connectivity index (χ2v) is 25.0. The number of hydroxylamine groups is 4. The van der Waals surface area contributed by atoms with Crippen molar-refractivity contribution in [1.82, 2.24) is 30.7 Å². The molecular formula is C56H68N16O16S3+2. The molecule has 0 aliphatic carbocycles. The Morgan fingerprint density at radius 2 is 0.978 bits per heavy atom. The molecule has 2 aliphatic rings. The number of ether oxygens (including phenoxy) is 2. The molecule has 4 atom stereocenters. The van der Waals surface area contributed by atoms with E-state index < -0.39 is 105 Å². The van der Waals surface area contributed by atoms with E-state index in [1.54, 1.807) is 48.5 Å². The zero-order chi connectivity index (χ0) is 66.4. The van der Waals surface area contributed by atoms with Crippen molar-refractivity contribution < 1.29 is 84.2 Å². The fraction of sp³-hybridized carbons (Fsp3) is 0.357. The van der Waals surface area contributed by atoms with Gasteiger partial charge in [0.15, 0.2) is 21.7 Å². The zero-order valence-corrected chi connectivity index (χ0v) is 52.8. The summed E-state index contributed by atoms with van der Waals surface area (Å²) in [6, 6.07) is 18.2. The molecule has 0 unspecified atom stereocenters. The minimum absolute atomic E-state index is 0.0179. The summed E-state index contributed by atoms with van der Waals surface area (Å²) in [6.07, 6.45) is 3.84. The van der Waals surface area contributed by atoms with Crippen LogP contribution in [0.5, 0.6) is 11.5 Å². The van der Waals surface area contributed by atoms with Crippen LogP contribution in [0, 0.1) is 0 Å². The van der Waals surface area contributed by atoms with Crippen LogP contribution in [0.15, 0.2) is 106 Å². The molecule has 6 heterocycles. The highest BCUT2D eigenvalue weighted by atomic mass is 32.3. The van der Waals surface area contributed by atoms with Gasteiger partial charge in [-0.2, -0.15) is 18.5 Å². The minimum Gasteiger partial charge on any atom is -0.489 e. The van der Waals surface area contributed by atoms with Crippen LogP contribution in [0.1, 0.15) is 52.9 Å². The number of hydrogen-bond acceptors (Lipinski definition) is 26. The molecule has 91 heavy (non-hydrogen) atoms. The Morgan fingerprint density at radius 3 is 1.27 bits per heavy atom. The van der Waals surface area contributed by atoms with E-state index in [2.05, 4.69) is 41.5 Å². The lowest BCUT2D eigenvalue weighted by Gasteiger charge is -2.52. The number of oxime groups is 2.